The Morgan fingerprint density at radius 1 is 1.27 bits per heavy atom. The van der Waals surface area contributed by atoms with Gasteiger partial charge in [-0.1, -0.05) is 48.5 Å². The first-order valence-corrected chi connectivity index (χ1v) is 15.7. The summed E-state index contributed by atoms with van der Waals surface area (Å²) in [7, 11) is -3.17. The largest absolute Gasteiger partial charge is 0.343 e. The number of likely N-dealkylation sites (tertiary alicyclic amines) is 1. The van der Waals surface area contributed by atoms with Crippen LogP contribution in [0, 0.1) is 39.4 Å². The van der Waals surface area contributed by atoms with Gasteiger partial charge in [-0.25, -0.2) is 13.6 Å². The van der Waals surface area contributed by atoms with Crippen LogP contribution in [0.4, 0.5) is 0 Å². The standard InChI is InChI=1S/C15H19N3O2.C13H23NO.CH5NO2S/c1-15(2)4-3-13-11(7-15)5-10(14(20)18-13)6-12(8-16)17-9-19;1-12(2,3)6-11(15)14-7-9-10(8-14)13(9,4)5;1-5(2,3)4/h5,9,12H,3-4,6-7H2,1-2H3,(H,17,19)(H,18,20);9-10H,6-8H2,1-5H3;1H3,(H2,2,3,4)/t;9-,10?;/m.0./s1. The molecule has 2 aliphatic carbocycles. The van der Waals surface area contributed by atoms with Gasteiger partial charge in [0, 0.05) is 37.2 Å². The lowest BCUT2D eigenvalue weighted by atomic mass is 9.75. The van der Waals surface area contributed by atoms with Crippen LogP contribution < -0.4 is 16.0 Å². The van der Waals surface area contributed by atoms with Crippen molar-refractivity contribution in [1.29, 1.82) is 5.26 Å². The van der Waals surface area contributed by atoms with Gasteiger partial charge in [0.25, 0.3) is 5.56 Å². The topological polar surface area (TPSA) is 166 Å². The SMILES string of the molecule is CC(C)(C)CC(=O)N1CC2[C@H](C1)C2(C)C.CC1(C)CCc2[nH]c(=O)c(CC(C#N)NC=O)cc2C1.CS(N)(=O)=O. The number of hydrogen-bond acceptors (Lipinski definition) is 6. The number of carbonyl (C=O) groups is 2. The second kappa shape index (κ2) is 12.4. The number of fused-ring (bicyclic) bond motifs is 2. The van der Waals surface area contributed by atoms with E-state index in [1.54, 1.807) is 0 Å². The van der Waals surface area contributed by atoms with Crippen LogP contribution in [0.25, 0.3) is 0 Å². The Kier molecular flexibility index (Phi) is 10.4. The van der Waals surface area contributed by atoms with Crippen molar-refractivity contribution < 1.29 is 18.0 Å². The van der Waals surface area contributed by atoms with Crippen LogP contribution in [0.5, 0.6) is 0 Å². The normalized spacial score (nSPS) is 22.6. The lowest BCUT2D eigenvalue weighted by molar-refractivity contribution is -0.132. The summed E-state index contributed by atoms with van der Waals surface area (Å²) >= 11 is 0. The molecule has 224 valence electrons. The Morgan fingerprint density at radius 2 is 1.82 bits per heavy atom. The van der Waals surface area contributed by atoms with Gasteiger partial charge in [-0.05, 0) is 59.0 Å². The van der Waals surface area contributed by atoms with E-state index in [0.29, 0.717) is 29.7 Å². The van der Waals surface area contributed by atoms with E-state index in [0.717, 1.165) is 61.7 Å². The molecule has 1 saturated heterocycles. The molecule has 3 aliphatic rings. The number of amides is 2. The average Bonchev–Trinajstić information content (AvgIpc) is 3.10. The number of aromatic nitrogens is 1. The molecule has 2 fully saturated rings. The van der Waals surface area contributed by atoms with Gasteiger partial charge in [0.05, 0.1) is 12.3 Å². The first-order valence-electron chi connectivity index (χ1n) is 13.8. The predicted octanol–water partition coefficient (Wildman–Crippen LogP) is 2.51. The summed E-state index contributed by atoms with van der Waals surface area (Å²) in [4.78, 5) is 39.4. The fourth-order valence-corrected chi connectivity index (χ4v) is 5.61. The van der Waals surface area contributed by atoms with E-state index in [4.69, 9.17) is 5.26 Å². The minimum absolute atomic E-state index is 0.124. The lowest BCUT2D eigenvalue weighted by Crippen LogP contribution is -2.35. The molecule has 2 unspecified atom stereocenters. The minimum atomic E-state index is -3.17. The zero-order chi connectivity index (χ0) is 30.7. The maximum atomic E-state index is 12.0. The molecule has 1 aliphatic heterocycles. The van der Waals surface area contributed by atoms with Crippen LogP contribution in [0.15, 0.2) is 10.9 Å². The fraction of sp³-hybridized carbons (Fsp3) is 0.724. The molecule has 3 atom stereocenters. The Balaban J connectivity index is 0.000000247. The van der Waals surface area contributed by atoms with Crippen LogP contribution in [-0.4, -0.2) is 56.0 Å². The summed E-state index contributed by atoms with van der Waals surface area (Å²) in [6.07, 6.45) is 5.21. The molecule has 11 heteroatoms. The van der Waals surface area contributed by atoms with Crippen LogP contribution in [0.2, 0.25) is 0 Å². The van der Waals surface area contributed by atoms with Crippen molar-refractivity contribution in [2.75, 3.05) is 19.3 Å². The second-order valence-corrected chi connectivity index (χ2v) is 15.7. The van der Waals surface area contributed by atoms with Crippen LogP contribution >= 0.6 is 0 Å². The molecule has 0 spiro atoms. The molecular formula is C29H47N5O5S. The van der Waals surface area contributed by atoms with Gasteiger partial charge in [0.2, 0.25) is 22.3 Å². The van der Waals surface area contributed by atoms with Gasteiger partial charge in [-0.2, -0.15) is 5.26 Å². The van der Waals surface area contributed by atoms with E-state index in [2.05, 4.69) is 68.8 Å². The van der Waals surface area contributed by atoms with E-state index in [9.17, 15) is 22.8 Å². The highest BCUT2D eigenvalue weighted by Gasteiger charge is 2.62. The molecule has 0 bridgehead atoms. The quantitative estimate of drug-likeness (QED) is 0.455. The number of nitrogens with one attached hydrogen (secondary N) is 2. The number of hydrogen-bond donors (Lipinski definition) is 3. The third kappa shape index (κ3) is 10.0. The number of pyridine rings is 1. The van der Waals surface area contributed by atoms with E-state index in [-0.39, 0.29) is 22.8 Å². The second-order valence-electron chi connectivity index (χ2n) is 14.0. The van der Waals surface area contributed by atoms with Crippen LogP contribution in [0.1, 0.15) is 78.1 Å². The molecule has 40 heavy (non-hydrogen) atoms. The number of H-pyrrole nitrogens is 1. The molecule has 10 nitrogen and oxygen atoms in total. The number of nitrogens with zero attached hydrogens (tertiary/aromatic N) is 2. The third-order valence-corrected chi connectivity index (χ3v) is 8.02. The Labute approximate surface area is 239 Å². The van der Waals surface area contributed by atoms with E-state index in [1.165, 1.54) is 0 Å². The van der Waals surface area contributed by atoms with Crippen molar-refractivity contribution in [3.8, 4) is 6.07 Å². The molecule has 1 aromatic heterocycles. The molecule has 0 radical (unpaired) electrons. The van der Waals surface area contributed by atoms with Crippen molar-refractivity contribution in [2.24, 2.45) is 33.2 Å². The highest BCUT2D eigenvalue weighted by atomic mass is 32.2. The monoisotopic (exact) mass is 577 g/mol. The van der Waals surface area contributed by atoms with Crippen LogP contribution in [-0.2, 0) is 38.9 Å². The maximum absolute atomic E-state index is 12.0. The average molecular weight is 578 g/mol. The summed E-state index contributed by atoms with van der Waals surface area (Å²) < 4.78 is 18.8. The van der Waals surface area contributed by atoms with Crippen molar-refractivity contribution >= 4 is 22.3 Å². The van der Waals surface area contributed by atoms with Gasteiger partial charge < -0.3 is 15.2 Å². The lowest BCUT2D eigenvalue weighted by Gasteiger charge is -2.31. The number of aryl methyl sites for hydroxylation is 1. The molecule has 4 rings (SSSR count). The third-order valence-electron chi connectivity index (χ3n) is 8.02. The van der Waals surface area contributed by atoms with Gasteiger partial charge in [-0.15, -0.1) is 0 Å². The Bertz CT molecular complexity index is 1270. The summed E-state index contributed by atoms with van der Waals surface area (Å²) in [6, 6.07) is 3.21. The number of nitrogens with two attached hydrogens (primary N) is 1. The highest BCUT2D eigenvalue weighted by molar-refractivity contribution is 7.88. The molecule has 2 amide bonds. The smallest absolute Gasteiger partial charge is 0.251 e. The molecule has 4 N–H and O–H groups in total. The van der Waals surface area contributed by atoms with Gasteiger partial charge >= 0.3 is 0 Å². The number of nitriles is 1. The number of carbonyl (C=O) groups excluding carboxylic acids is 2. The first kappa shape index (κ1) is 33.5. The zero-order valence-electron chi connectivity index (χ0n) is 25.3. The highest BCUT2D eigenvalue weighted by Crippen LogP contribution is 2.62. The molecule has 0 aromatic carbocycles. The predicted molar refractivity (Wildman–Crippen MR) is 156 cm³/mol. The minimum Gasteiger partial charge on any atom is -0.343 e. The molecule has 1 saturated carbocycles. The fourth-order valence-electron chi connectivity index (χ4n) is 5.61. The van der Waals surface area contributed by atoms with Crippen molar-refractivity contribution in [3.63, 3.8) is 0 Å². The number of rotatable bonds is 5. The maximum Gasteiger partial charge on any atom is 0.251 e. The van der Waals surface area contributed by atoms with Gasteiger partial charge in [0.1, 0.15) is 6.04 Å². The summed E-state index contributed by atoms with van der Waals surface area (Å²) in [5, 5.41) is 15.7. The number of sulfonamides is 1. The van der Waals surface area contributed by atoms with E-state index >= 15 is 0 Å². The Hall–Kier alpha value is -2.71. The van der Waals surface area contributed by atoms with Gasteiger partial charge in [-0.3, -0.25) is 14.4 Å². The summed E-state index contributed by atoms with van der Waals surface area (Å²) in [5.74, 6) is 1.91. The van der Waals surface area contributed by atoms with Crippen LogP contribution in [0.3, 0.4) is 0 Å². The Morgan fingerprint density at radius 3 is 2.30 bits per heavy atom. The summed E-state index contributed by atoms with van der Waals surface area (Å²) in [5.41, 5.74) is 3.43. The molecule has 2 heterocycles. The van der Waals surface area contributed by atoms with Crippen molar-refractivity contribution in [2.45, 2.75) is 86.6 Å². The number of aromatic amines is 1. The van der Waals surface area contributed by atoms with Crippen molar-refractivity contribution in [3.05, 3.63) is 33.2 Å². The molecular weight excluding hydrogens is 530 g/mol. The molecule has 1 aromatic rings. The van der Waals surface area contributed by atoms with Gasteiger partial charge in [0.15, 0.2) is 0 Å². The summed E-state index contributed by atoms with van der Waals surface area (Å²) in [6.45, 7) is 17.5. The zero-order valence-corrected chi connectivity index (χ0v) is 26.1. The van der Waals surface area contributed by atoms with E-state index < -0.39 is 16.1 Å². The van der Waals surface area contributed by atoms with Crippen molar-refractivity contribution in [1.82, 2.24) is 15.2 Å². The number of primary sulfonamides is 1. The number of piperidine rings is 1. The van der Waals surface area contributed by atoms with E-state index in [1.807, 2.05) is 12.1 Å². The first-order chi connectivity index (χ1) is 18.2.